The van der Waals surface area contributed by atoms with E-state index in [1.165, 1.54) is 0 Å². The SMILES string of the molecule is CCCNc1cncc(Oc2ccc(C#N)cc2OC)c1. The van der Waals surface area contributed by atoms with E-state index in [1.807, 2.05) is 6.07 Å². The Bertz CT molecular complexity index is 650. The minimum atomic E-state index is 0.515. The van der Waals surface area contributed by atoms with Gasteiger partial charge < -0.3 is 14.8 Å². The van der Waals surface area contributed by atoms with E-state index < -0.39 is 0 Å². The Morgan fingerprint density at radius 3 is 2.81 bits per heavy atom. The van der Waals surface area contributed by atoms with Gasteiger partial charge in [0.05, 0.1) is 36.8 Å². The molecule has 0 unspecified atom stereocenters. The molecule has 21 heavy (non-hydrogen) atoms. The molecule has 5 nitrogen and oxygen atoms in total. The monoisotopic (exact) mass is 283 g/mol. The number of hydrogen-bond acceptors (Lipinski definition) is 5. The maximum absolute atomic E-state index is 8.89. The zero-order valence-corrected chi connectivity index (χ0v) is 12.1. The predicted octanol–water partition coefficient (Wildman–Crippen LogP) is 3.58. The Hall–Kier alpha value is -2.74. The van der Waals surface area contributed by atoms with E-state index in [2.05, 4.69) is 23.3 Å². The Kier molecular flexibility index (Phi) is 4.99. The van der Waals surface area contributed by atoms with Crippen LogP contribution in [0.2, 0.25) is 0 Å². The molecule has 0 radical (unpaired) electrons. The van der Waals surface area contributed by atoms with Crippen LogP contribution in [0.15, 0.2) is 36.7 Å². The second-order valence-electron chi connectivity index (χ2n) is 4.42. The molecule has 1 N–H and O–H groups in total. The van der Waals surface area contributed by atoms with Gasteiger partial charge in [-0.3, -0.25) is 4.98 Å². The molecule has 0 spiro atoms. The van der Waals surface area contributed by atoms with Crippen molar-refractivity contribution in [3.8, 4) is 23.3 Å². The van der Waals surface area contributed by atoms with E-state index in [0.29, 0.717) is 22.8 Å². The molecular weight excluding hydrogens is 266 g/mol. The normalized spacial score (nSPS) is 9.76. The second-order valence-corrected chi connectivity index (χ2v) is 4.42. The first-order chi connectivity index (χ1) is 10.3. The van der Waals surface area contributed by atoms with Crippen molar-refractivity contribution >= 4 is 5.69 Å². The van der Waals surface area contributed by atoms with Crippen LogP contribution in [0.5, 0.6) is 17.2 Å². The van der Waals surface area contributed by atoms with Crippen molar-refractivity contribution in [1.82, 2.24) is 4.98 Å². The second kappa shape index (κ2) is 7.15. The summed E-state index contributed by atoms with van der Waals surface area (Å²) in [6, 6.07) is 8.98. The van der Waals surface area contributed by atoms with Crippen LogP contribution in [0, 0.1) is 11.3 Å². The van der Waals surface area contributed by atoms with Crippen LogP contribution < -0.4 is 14.8 Å². The zero-order chi connectivity index (χ0) is 15.1. The number of aromatic nitrogens is 1. The van der Waals surface area contributed by atoms with Crippen molar-refractivity contribution < 1.29 is 9.47 Å². The third-order valence-corrected chi connectivity index (χ3v) is 2.81. The lowest BCUT2D eigenvalue weighted by molar-refractivity contribution is 0.378. The molecule has 0 saturated carbocycles. The summed E-state index contributed by atoms with van der Waals surface area (Å²) in [5, 5.41) is 12.1. The topological polar surface area (TPSA) is 67.2 Å². The van der Waals surface area contributed by atoms with Crippen molar-refractivity contribution in [2.45, 2.75) is 13.3 Å². The molecule has 108 valence electrons. The Morgan fingerprint density at radius 2 is 2.10 bits per heavy atom. The summed E-state index contributed by atoms with van der Waals surface area (Å²) >= 11 is 0. The van der Waals surface area contributed by atoms with Crippen molar-refractivity contribution in [1.29, 1.82) is 5.26 Å². The van der Waals surface area contributed by atoms with Gasteiger partial charge in [0.1, 0.15) is 5.75 Å². The van der Waals surface area contributed by atoms with Gasteiger partial charge >= 0.3 is 0 Å². The summed E-state index contributed by atoms with van der Waals surface area (Å²) in [6.45, 7) is 2.98. The standard InChI is InChI=1S/C16H17N3O2/c1-3-6-19-13-8-14(11-18-10-13)21-15-5-4-12(9-17)7-16(15)20-2/h4-5,7-8,10-11,19H,3,6H2,1-2H3. The Morgan fingerprint density at radius 1 is 1.24 bits per heavy atom. The highest BCUT2D eigenvalue weighted by molar-refractivity contribution is 5.50. The van der Waals surface area contributed by atoms with Gasteiger partial charge in [0.15, 0.2) is 11.5 Å². The van der Waals surface area contributed by atoms with Gasteiger partial charge in [-0.1, -0.05) is 6.92 Å². The largest absolute Gasteiger partial charge is 0.493 e. The first-order valence-electron chi connectivity index (χ1n) is 6.71. The fourth-order valence-electron chi connectivity index (χ4n) is 1.79. The van der Waals surface area contributed by atoms with Crippen LogP contribution in [-0.2, 0) is 0 Å². The van der Waals surface area contributed by atoms with Gasteiger partial charge in [-0.05, 0) is 18.6 Å². The first-order valence-corrected chi connectivity index (χ1v) is 6.71. The van der Waals surface area contributed by atoms with Gasteiger partial charge in [0.25, 0.3) is 0 Å². The number of pyridine rings is 1. The third kappa shape index (κ3) is 3.86. The number of nitrogens with zero attached hydrogens (tertiary/aromatic N) is 2. The zero-order valence-electron chi connectivity index (χ0n) is 12.1. The maximum Gasteiger partial charge on any atom is 0.169 e. The molecule has 0 fully saturated rings. The quantitative estimate of drug-likeness (QED) is 0.877. The minimum absolute atomic E-state index is 0.515. The first kappa shape index (κ1) is 14.7. The van der Waals surface area contributed by atoms with E-state index >= 15 is 0 Å². The van der Waals surface area contributed by atoms with E-state index in [1.54, 1.807) is 37.7 Å². The van der Waals surface area contributed by atoms with Crippen LogP contribution in [0.4, 0.5) is 5.69 Å². The number of nitrogens with one attached hydrogen (secondary N) is 1. The minimum Gasteiger partial charge on any atom is -0.493 e. The van der Waals surface area contributed by atoms with Crippen LogP contribution >= 0.6 is 0 Å². The molecule has 5 heteroatoms. The van der Waals surface area contributed by atoms with Crippen molar-refractivity contribution in [2.75, 3.05) is 19.0 Å². The lowest BCUT2D eigenvalue weighted by Gasteiger charge is -2.11. The molecule has 0 aliphatic rings. The molecule has 2 aromatic rings. The molecule has 1 aromatic heterocycles. The van der Waals surface area contributed by atoms with Gasteiger partial charge in [0.2, 0.25) is 0 Å². The summed E-state index contributed by atoms with van der Waals surface area (Å²) in [5.74, 6) is 1.67. The number of nitriles is 1. The molecule has 0 saturated heterocycles. The summed E-state index contributed by atoms with van der Waals surface area (Å²) in [5.41, 5.74) is 1.43. The molecule has 2 rings (SSSR count). The van der Waals surface area contributed by atoms with Crippen LogP contribution in [-0.4, -0.2) is 18.6 Å². The molecule has 0 bridgehead atoms. The highest BCUT2D eigenvalue weighted by Gasteiger charge is 2.07. The number of rotatable bonds is 6. The van der Waals surface area contributed by atoms with Crippen molar-refractivity contribution in [3.05, 3.63) is 42.2 Å². The molecule has 1 heterocycles. The highest BCUT2D eigenvalue weighted by Crippen LogP contribution is 2.32. The Balaban J connectivity index is 2.20. The molecule has 1 aromatic carbocycles. The average molecular weight is 283 g/mol. The number of anilines is 1. The van der Waals surface area contributed by atoms with E-state index in [0.717, 1.165) is 18.7 Å². The maximum atomic E-state index is 8.89. The molecule has 0 amide bonds. The number of methoxy groups -OCH3 is 1. The summed E-state index contributed by atoms with van der Waals surface area (Å²) < 4.78 is 11.0. The van der Waals surface area contributed by atoms with E-state index in [4.69, 9.17) is 14.7 Å². The summed E-state index contributed by atoms with van der Waals surface area (Å²) in [4.78, 5) is 4.14. The molecule has 0 aliphatic carbocycles. The van der Waals surface area contributed by atoms with E-state index in [-0.39, 0.29) is 0 Å². The van der Waals surface area contributed by atoms with Crippen LogP contribution in [0.1, 0.15) is 18.9 Å². The number of benzene rings is 1. The lowest BCUT2D eigenvalue weighted by Crippen LogP contribution is -2.00. The van der Waals surface area contributed by atoms with Crippen LogP contribution in [0.25, 0.3) is 0 Å². The number of ether oxygens (including phenoxy) is 2. The summed E-state index contributed by atoms with van der Waals surface area (Å²) in [6.07, 6.45) is 4.42. The fraction of sp³-hybridized carbons (Fsp3) is 0.250. The predicted molar refractivity (Wildman–Crippen MR) is 80.8 cm³/mol. The van der Waals surface area contributed by atoms with Crippen molar-refractivity contribution in [3.63, 3.8) is 0 Å². The smallest absolute Gasteiger partial charge is 0.169 e. The van der Waals surface area contributed by atoms with Gasteiger partial charge in [0, 0.05) is 18.7 Å². The summed E-state index contributed by atoms with van der Waals surface area (Å²) in [7, 11) is 1.54. The lowest BCUT2D eigenvalue weighted by atomic mass is 10.2. The van der Waals surface area contributed by atoms with Gasteiger partial charge in [-0.2, -0.15) is 5.26 Å². The van der Waals surface area contributed by atoms with E-state index in [9.17, 15) is 0 Å². The van der Waals surface area contributed by atoms with Gasteiger partial charge in [-0.15, -0.1) is 0 Å². The molecule has 0 aliphatic heterocycles. The molecular formula is C16H17N3O2. The third-order valence-electron chi connectivity index (χ3n) is 2.81. The highest BCUT2D eigenvalue weighted by atomic mass is 16.5. The number of hydrogen-bond donors (Lipinski definition) is 1. The van der Waals surface area contributed by atoms with Gasteiger partial charge in [-0.25, -0.2) is 0 Å². The van der Waals surface area contributed by atoms with Crippen molar-refractivity contribution in [2.24, 2.45) is 0 Å². The molecule has 0 atom stereocenters. The Labute approximate surface area is 124 Å². The average Bonchev–Trinajstić information content (AvgIpc) is 2.53. The fourth-order valence-corrected chi connectivity index (χ4v) is 1.79. The van der Waals surface area contributed by atoms with Crippen LogP contribution in [0.3, 0.4) is 0 Å².